The lowest BCUT2D eigenvalue weighted by atomic mass is 10.2. The molecule has 0 spiro atoms. The molecular formula is C11H11NO2S. The normalized spacial score (nSPS) is 10.0. The molecular weight excluding hydrogens is 210 g/mol. The summed E-state index contributed by atoms with van der Waals surface area (Å²) in [5, 5.41) is 2.65. The standard InChI is InChI=1S/C11H11NO2S/c1-13-9-5-3-8(4-6-9)10-7-15-11(12-10)14-2/h3-7H,1-2H3. The van der Waals surface area contributed by atoms with Gasteiger partial charge in [0.1, 0.15) is 5.75 Å². The second-order valence-corrected chi connectivity index (χ2v) is 3.75. The number of nitrogens with zero attached hydrogens (tertiary/aromatic N) is 1. The Balaban J connectivity index is 2.28. The summed E-state index contributed by atoms with van der Waals surface area (Å²) in [5.74, 6) is 0.848. The summed E-state index contributed by atoms with van der Waals surface area (Å²) >= 11 is 1.49. The van der Waals surface area contributed by atoms with Crippen LogP contribution in [0, 0.1) is 0 Å². The van der Waals surface area contributed by atoms with E-state index in [-0.39, 0.29) is 0 Å². The fraction of sp³-hybridized carbons (Fsp3) is 0.182. The van der Waals surface area contributed by atoms with Gasteiger partial charge in [-0.25, -0.2) is 4.98 Å². The minimum atomic E-state index is 0.681. The number of hydrogen-bond acceptors (Lipinski definition) is 4. The van der Waals surface area contributed by atoms with Crippen molar-refractivity contribution in [3.8, 4) is 22.2 Å². The summed E-state index contributed by atoms with van der Waals surface area (Å²) in [5.41, 5.74) is 2.00. The van der Waals surface area contributed by atoms with Gasteiger partial charge in [-0.2, -0.15) is 0 Å². The van der Waals surface area contributed by atoms with Gasteiger partial charge in [0, 0.05) is 10.9 Å². The van der Waals surface area contributed by atoms with Gasteiger partial charge in [0.25, 0.3) is 5.19 Å². The molecule has 4 heteroatoms. The Morgan fingerprint density at radius 3 is 2.33 bits per heavy atom. The van der Waals surface area contributed by atoms with Crippen LogP contribution in [0.15, 0.2) is 29.6 Å². The van der Waals surface area contributed by atoms with Gasteiger partial charge in [-0.05, 0) is 24.3 Å². The Morgan fingerprint density at radius 2 is 1.80 bits per heavy atom. The topological polar surface area (TPSA) is 31.4 Å². The van der Waals surface area contributed by atoms with E-state index in [1.165, 1.54) is 11.3 Å². The van der Waals surface area contributed by atoms with Crippen molar-refractivity contribution < 1.29 is 9.47 Å². The van der Waals surface area contributed by atoms with Crippen LogP contribution in [0.4, 0.5) is 0 Å². The zero-order valence-electron chi connectivity index (χ0n) is 8.56. The molecule has 2 aromatic rings. The monoisotopic (exact) mass is 221 g/mol. The van der Waals surface area contributed by atoms with Crippen molar-refractivity contribution in [2.24, 2.45) is 0 Å². The highest BCUT2D eigenvalue weighted by Gasteiger charge is 2.04. The van der Waals surface area contributed by atoms with Crippen molar-refractivity contribution >= 4 is 11.3 Å². The third kappa shape index (κ3) is 2.10. The van der Waals surface area contributed by atoms with E-state index in [0.29, 0.717) is 5.19 Å². The predicted molar refractivity (Wildman–Crippen MR) is 60.7 cm³/mol. The van der Waals surface area contributed by atoms with E-state index < -0.39 is 0 Å². The smallest absolute Gasteiger partial charge is 0.273 e. The number of thiazole rings is 1. The zero-order valence-corrected chi connectivity index (χ0v) is 9.38. The van der Waals surface area contributed by atoms with Crippen molar-refractivity contribution in [2.75, 3.05) is 14.2 Å². The number of aromatic nitrogens is 1. The quantitative estimate of drug-likeness (QED) is 0.798. The molecule has 0 bridgehead atoms. The maximum Gasteiger partial charge on any atom is 0.273 e. The van der Waals surface area contributed by atoms with Crippen LogP contribution in [0.3, 0.4) is 0 Å². The molecule has 0 aliphatic heterocycles. The molecule has 1 heterocycles. The van der Waals surface area contributed by atoms with Gasteiger partial charge < -0.3 is 9.47 Å². The summed E-state index contributed by atoms with van der Waals surface area (Å²) in [6.07, 6.45) is 0. The second kappa shape index (κ2) is 4.31. The number of hydrogen-bond donors (Lipinski definition) is 0. The summed E-state index contributed by atoms with van der Waals surface area (Å²) in [6.45, 7) is 0. The average molecular weight is 221 g/mol. The lowest BCUT2D eigenvalue weighted by Crippen LogP contribution is -1.83. The lowest BCUT2D eigenvalue weighted by Gasteiger charge is -2.00. The van der Waals surface area contributed by atoms with Crippen LogP contribution in [0.1, 0.15) is 0 Å². The van der Waals surface area contributed by atoms with E-state index in [1.54, 1.807) is 14.2 Å². The first kappa shape index (κ1) is 9.98. The summed E-state index contributed by atoms with van der Waals surface area (Å²) in [4.78, 5) is 4.31. The molecule has 0 unspecified atom stereocenters. The SMILES string of the molecule is COc1ccc(-c2csc(OC)n2)cc1. The molecule has 15 heavy (non-hydrogen) atoms. The molecule has 0 amide bonds. The van der Waals surface area contributed by atoms with Crippen molar-refractivity contribution in [1.82, 2.24) is 4.98 Å². The van der Waals surface area contributed by atoms with Gasteiger partial charge in [0.15, 0.2) is 0 Å². The molecule has 0 N–H and O–H groups in total. The maximum atomic E-state index is 5.09. The lowest BCUT2D eigenvalue weighted by molar-refractivity contribution is 0.412. The minimum absolute atomic E-state index is 0.681. The van der Waals surface area contributed by atoms with Gasteiger partial charge in [-0.15, -0.1) is 0 Å². The second-order valence-electron chi connectivity index (χ2n) is 2.93. The summed E-state index contributed by atoms with van der Waals surface area (Å²) in [6, 6.07) is 7.79. The van der Waals surface area contributed by atoms with Crippen molar-refractivity contribution in [1.29, 1.82) is 0 Å². The van der Waals surface area contributed by atoms with Crippen LogP contribution in [0.25, 0.3) is 11.3 Å². The number of methoxy groups -OCH3 is 2. The fourth-order valence-corrected chi connectivity index (χ4v) is 1.89. The predicted octanol–water partition coefficient (Wildman–Crippen LogP) is 2.83. The van der Waals surface area contributed by atoms with Crippen LogP contribution in [0.5, 0.6) is 10.9 Å². The molecule has 0 atom stereocenters. The number of rotatable bonds is 3. The molecule has 1 aromatic carbocycles. The first-order valence-corrected chi connectivity index (χ1v) is 5.35. The Hall–Kier alpha value is -1.55. The fourth-order valence-electron chi connectivity index (χ4n) is 1.25. The van der Waals surface area contributed by atoms with E-state index in [2.05, 4.69) is 4.98 Å². The molecule has 0 saturated carbocycles. The van der Waals surface area contributed by atoms with Gasteiger partial charge in [-0.3, -0.25) is 0 Å². The molecule has 78 valence electrons. The minimum Gasteiger partial charge on any atom is -0.497 e. The van der Waals surface area contributed by atoms with Crippen molar-refractivity contribution in [3.05, 3.63) is 29.6 Å². The van der Waals surface area contributed by atoms with Gasteiger partial charge in [0.05, 0.1) is 19.9 Å². The zero-order chi connectivity index (χ0) is 10.7. The van der Waals surface area contributed by atoms with E-state index in [4.69, 9.17) is 9.47 Å². The molecule has 3 nitrogen and oxygen atoms in total. The average Bonchev–Trinajstić information content (AvgIpc) is 2.78. The summed E-state index contributed by atoms with van der Waals surface area (Å²) in [7, 11) is 3.28. The Bertz CT molecular complexity index is 436. The highest BCUT2D eigenvalue weighted by atomic mass is 32.1. The van der Waals surface area contributed by atoms with E-state index >= 15 is 0 Å². The highest BCUT2D eigenvalue weighted by molar-refractivity contribution is 7.11. The summed E-state index contributed by atoms with van der Waals surface area (Å²) < 4.78 is 10.1. The molecule has 0 fully saturated rings. The molecule has 0 aliphatic rings. The highest BCUT2D eigenvalue weighted by Crippen LogP contribution is 2.27. The number of ether oxygens (including phenoxy) is 2. The molecule has 0 aliphatic carbocycles. The first-order chi connectivity index (χ1) is 7.33. The Morgan fingerprint density at radius 1 is 1.07 bits per heavy atom. The van der Waals surface area contributed by atoms with Gasteiger partial charge in [-0.1, -0.05) is 11.3 Å². The van der Waals surface area contributed by atoms with Crippen molar-refractivity contribution in [2.45, 2.75) is 0 Å². The molecule has 1 aromatic heterocycles. The third-order valence-electron chi connectivity index (χ3n) is 2.04. The van der Waals surface area contributed by atoms with E-state index in [1.807, 2.05) is 29.6 Å². The Labute approximate surface area is 92.3 Å². The molecule has 0 radical (unpaired) electrons. The van der Waals surface area contributed by atoms with E-state index in [9.17, 15) is 0 Å². The van der Waals surface area contributed by atoms with Crippen LogP contribution in [-0.2, 0) is 0 Å². The first-order valence-electron chi connectivity index (χ1n) is 4.47. The van der Waals surface area contributed by atoms with Gasteiger partial charge in [0.2, 0.25) is 0 Å². The number of benzene rings is 1. The van der Waals surface area contributed by atoms with Crippen LogP contribution >= 0.6 is 11.3 Å². The largest absolute Gasteiger partial charge is 0.497 e. The van der Waals surface area contributed by atoms with Crippen LogP contribution < -0.4 is 9.47 Å². The van der Waals surface area contributed by atoms with Crippen molar-refractivity contribution in [3.63, 3.8) is 0 Å². The van der Waals surface area contributed by atoms with E-state index in [0.717, 1.165) is 17.0 Å². The maximum absolute atomic E-state index is 5.09. The van der Waals surface area contributed by atoms with Crippen LogP contribution in [-0.4, -0.2) is 19.2 Å². The van der Waals surface area contributed by atoms with Gasteiger partial charge >= 0.3 is 0 Å². The van der Waals surface area contributed by atoms with Crippen LogP contribution in [0.2, 0.25) is 0 Å². The Kier molecular flexibility index (Phi) is 2.87. The molecule has 2 rings (SSSR count). The molecule has 0 saturated heterocycles. The third-order valence-corrected chi connectivity index (χ3v) is 2.84.